The number of pyridine rings is 1. The van der Waals surface area contributed by atoms with Gasteiger partial charge < -0.3 is 20.2 Å². The number of nitrogens with zero attached hydrogens (tertiary/aromatic N) is 4. The van der Waals surface area contributed by atoms with Crippen LogP contribution in [0.25, 0.3) is 22.3 Å². The summed E-state index contributed by atoms with van der Waals surface area (Å²) >= 11 is 6.59. The van der Waals surface area contributed by atoms with E-state index in [4.69, 9.17) is 11.6 Å². The standard InChI is InChI=1S/C28H32ClN5O2/c1-19-11-24(21-5-6-27(26(29)14-21)34(18-35)10-9-32(3)4)28(36)25(12-19)22-13-23(16-30-15-22)33-8-7-31-20(2)17-33/h5-6,9-16,18,20,31,36H,7-8,17H2,1-4H3/b10-9-/t20-/m1/s1. The molecule has 2 heterocycles. The molecule has 1 aliphatic rings. The largest absolute Gasteiger partial charge is 0.507 e. The van der Waals surface area contributed by atoms with Gasteiger partial charge in [0.2, 0.25) is 6.41 Å². The van der Waals surface area contributed by atoms with E-state index in [-0.39, 0.29) is 5.75 Å². The Bertz CT molecular complexity index is 1280. The highest BCUT2D eigenvalue weighted by atomic mass is 35.5. The maximum Gasteiger partial charge on any atom is 0.218 e. The molecule has 0 bridgehead atoms. The van der Waals surface area contributed by atoms with Crippen molar-refractivity contribution in [3.63, 3.8) is 0 Å². The molecule has 0 radical (unpaired) electrons. The van der Waals surface area contributed by atoms with Crippen LogP contribution in [0.1, 0.15) is 12.5 Å². The number of carbonyl (C=O) groups excluding carboxylic acids is 1. The number of amides is 1. The number of phenolic OH excluding ortho intramolecular Hbond substituents is 1. The van der Waals surface area contributed by atoms with E-state index in [1.165, 1.54) is 4.90 Å². The molecule has 2 aromatic carbocycles. The van der Waals surface area contributed by atoms with Crippen molar-refractivity contribution in [2.75, 3.05) is 43.5 Å². The van der Waals surface area contributed by atoms with Gasteiger partial charge >= 0.3 is 0 Å². The first-order valence-electron chi connectivity index (χ1n) is 11.9. The first kappa shape index (κ1) is 25.5. The van der Waals surface area contributed by atoms with Crippen LogP contribution < -0.4 is 15.1 Å². The van der Waals surface area contributed by atoms with Crippen molar-refractivity contribution < 1.29 is 9.90 Å². The van der Waals surface area contributed by atoms with E-state index in [0.29, 0.717) is 34.3 Å². The molecule has 1 atom stereocenters. The van der Waals surface area contributed by atoms with Crippen LogP contribution >= 0.6 is 11.6 Å². The second kappa shape index (κ2) is 11.0. The number of aromatic nitrogens is 1. The summed E-state index contributed by atoms with van der Waals surface area (Å²) in [5.41, 5.74) is 5.59. The fourth-order valence-electron chi connectivity index (χ4n) is 4.39. The molecule has 1 saturated heterocycles. The number of phenols is 1. The lowest BCUT2D eigenvalue weighted by molar-refractivity contribution is -0.106. The van der Waals surface area contributed by atoms with Crippen molar-refractivity contribution in [3.05, 3.63) is 71.8 Å². The lowest BCUT2D eigenvalue weighted by Crippen LogP contribution is -2.49. The molecule has 0 aliphatic carbocycles. The maximum atomic E-state index is 11.6. The van der Waals surface area contributed by atoms with E-state index in [1.807, 2.05) is 50.3 Å². The monoisotopic (exact) mass is 505 g/mol. The van der Waals surface area contributed by atoms with Crippen molar-refractivity contribution in [2.24, 2.45) is 0 Å². The number of nitrogens with one attached hydrogen (secondary N) is 1. The average Bonchev–Trinajstić information content (AvgIpc) is 2.86. The minimum absolute atomic E-state index is 0.164. The predicted octanol–water partition coefficient (Wildman–Crippen LogP) is 4.88. The lowest BCUT2D eigenvalue weighted by atomic mass is 9.95. The van der Waals surface area contributed by atoms with Crippen LogP contribution in [0.3, 0.4) is 0 Å². The van der Waals surface area contributed by atoms with Crippen LogP contribution in [-0.4, -0.2) is 61.2 Å². The Kier molecular flexibility index (Phi) is 7.82. The highest BCUT2D eigenvalue weighted by molar-refractivity contribution is 6.34. The average molecular weight is 506 g/mol. The number of rotatable bonds is 7. The van der Waals surface area contributed by atoms with Gasteiger partial charge in [-0.2, -0.15) is 0 Å². The molecule has 1 aromatic heterocycles. The fraction of sp³-hybridized carbons (Fsp3) is 0.286. The Balaban J connectivity index is 1.70. The number of anilines is 2. The molecule has 0 saturated carbocycles. The van der Waals surface area contributed by atoms with Crippen LogP contribution in [0.5, 0.6) is 5.75 Å². The molecule has 36 heavy (non-hydrogen) atoms. The number of hydrogen-bond acceptors (Lipinski definition) is 6. The number of aromatic hydroxyl groups is 1. The molecule has 1 fully saturated rings. The third-order valence-corrected chi connectivity index (χ3v) is 6.50. The van der Waals surface area contributed by atoms with Gasteiger partial charge in [0.05, 0.1) is 22.6 Å². The summed E-state index contributed by atoms with van der Waals surface area (Å²) in [7, 11) is 3.75. The molecule has 1 amide bonds. The third-order valence-electron chi connectivity index (χ3n) is 6.20. The normalized spacial score (nSPS) is 15.8. The summed E-state index contributed by atoms with van der Waals surface area (Å²) in [5.74, 6) is 0.164. The van der Waals surface area contributed by atoms with E-state index in [1.54, 1.807) is 30.7 Å². The van der Waals surface area contributed by atoms with Gasteiger partial charge in [-0.15, -0.1) is 0 Å². The van der Waals surface area contributed by atoms with Gasteiger partial charge in [0.1, 0.15) is 5.75 Å². The van der Waals surface area contributed by atoms with Gasteiger partial charge in [0.15, 0.2) is 0 Å². The summed E-state index contributed by atoms with van der Waals surface area (Å²) in [5, 5.41) is 15.2. The van der Waals surface area contributed by atoms with Gasteiger partial charge in [0, 0.05) is 75.1 Å². The molecule has 188 valence electrons. The summed E-state index contributed by atoms with van der Waals surface area (Å²) < 4.78 is 0. The zero-order chi connectivity index (χ0) is 25.8. The maximum absolute atomic E-state index is 11.6. The summed E-state index contributed by atoms with van der Waals surface area (Å²) in [6, 6.07) is 11.8. The highest BCUT2D eigenvalue weighted by Crippen LogP contribution is 2.41. The second-order valence-corrected chi connectivity index (χ2v) is 9.79. The van der Waals surface area contributed by atoms with Gasteiger partial charge in [-0.1, -0.05) is 17.7 Å². The van der Waals surface area contributed by atoms with E-state index < -0.39 is 0 Å². The van der Waals surface area contributed by atoms with Crippen LogP contribution in [0.4, 0.5) is 11.4 Å². The first-order valence-corrected chi connectivity index (χ1v) is 12.3. The molecule has 2 N–H and O–H groups in total. The molecule has 1 aliphatic heterocycles. The molecule has 8 heteroatoms. The summed E-state index contributed by atoms with van der Waals surface area (Å²) in [6.45, 7) is 6.91. The Morgan fingerprint density at radius 1 is 1.11 bits per heavy atom. The van der Waals surface area contributed by atoms with Crippen molar-refractivity contribution in [1.29, 1.82) is 0 Å². The summed E-state index contributed by atoms with van der Waals surface area (Å²) in [4.78, 5) is 21.7. The quantitative estimate of drug-likeness (QED) is 0.446. The zero-order valence-electron chi connectivity index (χ0n) is 21.1. The zero-order valence-corrected chi connectivity index (χ0v) is 21.8. The minimum atomic E-state index is 0.164. The Hall–Kier alpha value is -3.55. The first-order chi connectivity index (χ1) is 17.3. The SMILES string of the molecule is Cc1cc(-c2cncc(N3CCN[C@H](C)C3)c2)c(O)c(-c2ccc(N(C=O)/C=C\N(C)C)c(Cl)c2)c1. The lowest BCUT2D eigenvalue weighted by Gasteiger charge is -2.33. The van der Waals surface area contributed by atoms with E-state index in [0.717, 1.165) is 42.0 Å². The van der Waals surface area contributed by atoms with Gasteiger partial charge in [-0.3, -0.25) is 14.7 Å². The number of benzene rings is 2. The van der Waals surface area contributed by atoms with Crippen molar-refractivity contribution in [2.45, 2.75) is 19.9 Å². The van der Waals surface area contributed by atoms with Crippen LogP contribution in [-0.2, 0) is 4.79 Å². The van der Waals surface area contributed by atoms with Crippen molar-refractivity contribution in [3.8, 4) is 28.0 Å². The molecular weight excluding hydrogens is 474 g/mol. The topological polar surface area (TPSA) is 71.9 Å². The molecular formula is C28H32ClN5O2. The van der Waals surface area contributed by atoms with Crippen molar-refractivity contribution >= 4 is 29.4 Å². The Morgan fingerprint density at radius 2 is 1.86 bits per heavy atom. The number of halogens is 1. The van der Waals surface area contributed by atoms with E-state index in [9.17, 15) is 9.90 Å². The molecule has 4 rings (SSSR count). The summed E-state index contributed by atoms with van der Waals surface area (Å²) in [6.07, 6.45) is 7.78. The number of carbonyl (C=O) groups is 1. The van der Waals surface area contributed by atoms with Gasteiger partial charge in [-0.05, 0) is 55.3 Å². The molecule has 3 aromatic rings. The highest BCUT2D eigenvalue weighted by Gasteiger charge is 2.19. The smallest absolute Gasteiger partial charge is 0.218 e. The Labute approximate surface area is 217 Å². The predicted molar refractivity (Wildman–Crippen MR) is 148 cm³/mol. The third kappa shape index (κ3) is 5.64. The number of aryl methyl sites for hydroxylation is 1. The Morgan fingerprint density at radius 3 is 2.53 bits per heavy atom. The minimum Gasteiger partial charge on any atom is -0.507 e. The van der Waals surface area contributed by atoms with E-state index in [2.05, 4.69) is 28.2 Å². The molecule has 0 unspecified atom stereocenters. The second-order valence-electron chi connectivity index (χ2n) is 9.38. The molecule has 7 nitrogen and oxygen atoms in total. The van der Waals surface area contributed by atoms with Gasteiger partial charge in [-0.25, -0.2) is 0 Å². The number of piperazine rings is 1. The fourth-order valence-corrected chi connectivity index (χ4v) is 4.67. The van der Waals surface area contributed by atoms with Crippen LogP contribution in [0.15, 0.2) is 61.2 Å². The van der Waals surface area contributed by atoms with E-state index >= 15 is 0 Å². The van der Waals surface area contributed by atoms with Crippen molar-refractivity contribution in [1.82, 2.24) is 15.2 Å². The number of hydrogen-bond donors (Lipinski definition) is 2. The molecule has 0 spiro atoms. The van der Waals surface area contributed by atoms with Crippen LogP contribution in [0.2, 0.25) is 5.02 Å². The van der Waals surface area contributed by atoms with Gasteiger partial charge in [0.25, 0.3) is 0 Å². The van der Waals surface area contributed by atoms with Crippen LogP contribution in [0, 0.1) is 6.92 Å².